The van der Waals surface area contributed by atoms with E-state index in [4.69, 9.17) is 5.73 Å². The molecule has 3 nitrogen and oxygen atoms in total. The zero-order valence-electron chi connectivity index (χ0n) is 12.7. The highest BCUT2D eigenvalue weighted by Crippen LogP contribution is 2.21. The van der Waals surface area contributed by atoms with Gasteiger partial charge in [-0.1, -0.05) is 19.4 Å². The summed E-state index contributed by atoms with van der Waals surface area (Å²) in [7, 11) is 0. The zero-order valence-corrected chi connectivity index (χ0v) is 12.7. The standard InChI is InChI=1S/C14H20N2.C4H5N/c1-2-3-4-11-5-6-14-13(9-11)12(7-8-15)10-16-14;1-2-4-5-3-1/h5-6,9-10,16H,2-4,7-8,15H2,1H3;1-5H. The van der Waals surface area contributed by atoms with Crippen molar-refractivity contribution in [3.05, 3.63) is 60.0 Å². The molecule has 112 valence electrons. The summed E-state index contributed by atoms with van der Waals surface area (Å²) in [6.45, 7) is 2.95. The van der Waals surface area contributed by atoms with Gasteiger partial charge < -0.3 is 15.7 Å². The van der Waals surface area contributed by atoms with E-state index in [9.17, 15) is 0 Å². The monoisotopic (exact) mass is 283 g/mol. The molecule has 3 rings (SSSR count). The first kappa shape index (κ1) is 15.4. The zero-order chi connectivity index (χ0) is 14.9. The van der Waals surface area contributed by atoms with Crippen molar-refractivity contribution < 1.29 is 0 Å². The molecule has 0 bridgehead atoms. The largest absolute Gasteiger partial charge is 0.368 e. The molecule has 0 aliphatic rings. The molecular weight excluding hydrogens is 258 g/mol. The number of hydrogen-bond donors (Lipinski definition) is 3. The Labute approximate surface area is 126 Å². The number of aryl methyl sites for hydroxylation is 1. The summed E-state index contributed by atoms with van der Waals surface area (Å²) in [5.74, 6) is 0. The van der Waals surface area contributed by atoms with E-state index in [1.54, 1.807) is 0 Å². The Morgan fingerprint density at radius 3 is 2.52 bits per heavy atom. The van der Waals surface area contributed by atoms with Gasteiger partial charge in [0, 0.05) is 29.5 Å². The minimum absolute atomic E-state index is 0.714. The van der Waals surface area contributed by atoms with Crippen LogP contribution in [0.1, 0.15) is 30.9 Å². The van der Waals surface area contributed by atoms with Crippen LogP contribution in [0.5, 0.6) is 0 Å². The van der Waals surface area contributed by atoms with E-state index in [2.05, 4.69) is 41.3 Å². The Hall–Kier alpha value is -2.00. The lowest BCUT2D eigenvalue weighted by atomic mass is 10.0. The minimum Gasteiger partial charge on any atom is -0.368 e. The average Bonchev–Trinajstić information content (AvgIpc) is 3.19. The van der Waals surface area contributed by atoms with E-state index in [0.29, 0.717) is 6.54 Å². The topological polar surface area (TPSA) is 57.6 Å². The molecule has 0 saturated carbocycles. The smallest absolute Gasteiger partial charge is 0.0456 e. The number of fused-ring (bicyclic) bond motifs is 1. The lowest BCUT2D eigenvalue weighted by molar-refractivity contribution is 0.796. The number of benzene rings is 1. The summed E-state index contributed by atoms with van der Waals surface area (Å²) in [5, 5.41) is 1.35. The van der Waals surface area contributed by atoms with Crippen LogP contribution in [0.15, 0.2) is 48.9 Å². The van der Waals surface area contributed by atoms with Crippen LogP contribution in [-0.2, 0) is 12.8 Å². The Morgan fingerprint density at radius 1 is 1.10 bits per heavy atom. The first-order valence-corrected chi connectivity index (χ1v) is 7.72. The minimum atomic E-state index is 0.714. The number of nitrogens with one attached hydrogen (secondary N) is 2. The van der Waals surface area contributed by atoms with Crippen molar-refractivity contribution in [2.24, 2.45) is 5.73 Å². The predicted octanol–water partition coefficient (Wildman–Crippen LogP) is 4.03. The van der Waals surface area contributed by atoms with Gasteiger partial charge in [-0.05, 0) is 61.2 Å². The third-order valence-corrected chi connectivity index (χ3v) is 3.56. The van der Waals surface area contributed by atoms with Crippen LogP contribution < -0.4 is 5.73 Å². The van der Waals surface area contributed by atoms with E-state index >= 15 is 0 Å². The van der Waals surface area contributed by atoms with Crippen molar-refractivity contribution in [2.75, 3.05) is 6.54 Å². The number of nitrogens with two attached hydrogens (primary N) is 1. The summed E-state index contributed by atoms with van der Waals surface area (Å²) < 4.78 is 0. The average molecular weight is 283 g/mol. The molecule has 3 aromatic rings. The van der Waals surface area contributed by atoms with Gasteiger partial charge >= 0.3 is 0 Å². The molecular formula is C18H25N3. The number of rotatable bonds is 5. The fraction of sp³-hybridized carbons (Fsp3) is 0.333. The van der Waals surface area contributed by atoms with Crippen molar-refractivity contribution in [3.63, 3.8) is 0 Å². The Bertz CT molecular complexity index is 606. The van der Waals surface area contributed by atoms with Gasteiger partial charge in [-0.3, -0.25) is 0 Å². The molecule has 21 heavy (non-hydrogen) atoms. The van der Waals surface area contributed by atoms with Gasteiger partial charge in [0.25, 0.3) is 0 Å². The maximum Gasteiger partial charge on any atom is 0.0456 e. The lowest BCUT2D eigenvalue weighted by Gasteiger charge is -2.01. The molecule has 0 saturated heterocycles. The van der Waals surface area contributed by atoms with Gasteiger partial charge in [0.15, 0.2) is 0 Å². The summed E-state index contributed by atoms with van der Waals surface area (Å²) in [6, 6.07) is 10.6. The molecule has 0 radical (unpaired) electrons. The number of aromatic amines is 2. The SMILES string of the molecule is CCCCc1ccc2[nH]cc(CCN)c2c1.c1cc[nH]c1. The van der Waals surface area contributed by atoms with Crippen molar-refractivity contribution in [1.29, 1.82) is 0 Å². The van der Waals surface area contributed by atoms with Gasteiger partial charge in [0.2, 0.25) is 0 Å². The van der Waals surface area contributed by atoms with Gasteiger partial charge in [0.1, 0.15) is 0 Å². The molecule has 3 heteroatoms. The normalized spacial score (nSPS) is 10.4. The fourth-order valence-corrected chi connectivity index (χ4v) is 2.40. The van der Waals surface area contributed by atoms with Crippen molar-refractivity contribution in [2.45, 2.75) is 32.6 Å². The van der Waals surface area contributed by atoms with Crippen LogP contribution in [0.2, 0.25) is 0 Å². The molecule has 0 fully saturated rings. The number of unbranched alkanes of at least 4 members (excludes halogenated alkanes) is 1. The van der Waals surface area contributed by atoms with Crippen molar-refractivity contribution in [1.82, 2.24) is 9.97 Å². The highest BCUT2D eigenvalue weighted by Gasteiger charge is 2.03. The molecule has 0 atom stereocenters. The van der Waals surface area contributed by atoms with Gasteiger partial charge in [-0.25, -0.2) is 0 Å². The predicted molar refractivity (Wildman–Crippen MR) is 90.5 cm³/mol. The number of hydrogen-bond acceptors (Lipinski definition) is 1. The lowest BCUT2D eigenvalue weighted by Crippen LogP contribution is -2.01. The van der Waals surface area contributed by atoms with E-state index in [0.717, 1.165) is 6.42 Å². The molecule has 1 aromatic carbocycles. The van der Waals surface area contributed by atoms with Crippen molar-refractivity contribution >= 4 is 10.9 Å². The summed E-state index contributed by atoms with van der Waals surface area (Å²) in [4.78, 5) is 6.16. The highest BCUT2D eigenvalue weighted by atomic mass is 14.7. The molecule has 4 N–H and O–H groups in total. The molecule has 0 aliphatic carbocycles. The molecule has 0 aliphatic heterocycles. The molecule has 2 aromatic heterocycles. The maximum atomic E-state index is 5.62. The van der Waals surface area contributed by atoms with Gasteiger partial charge in [0.05, 0.1) is 0 Å². The van der Waals surface area contributed by atoms with Crippen LogP contribution in [0.25, 0.3) is 10.9 Å². The van der Waals surface area contributed by atoms with E-state index in [1.165, 1.54) is 41.3 Å². The third-order valence-electron chi connectivity index (χ3n) is 3.56. The second kappa shape index (κ2) is 8.32. The summed E-state index contributed by atoms with van der Waals surface area (Å²) in [5.41, 5.74) is 9.62. The first-order chi connectivity index (χ1) is 10.3. The molecule has 0 spiro atoms. The Balaban J connectivity index is 0.000000272. The first-order valence-electron chi connectivity index (χ1n) is 7.72. The second-order valence-corrected chi connectivity index (χ2v) is 5.22. The second-order valence-electron chi connectivity index (χ2n) is 5.22. The van der Waals surface area contributed by atoms with E-state index < -0.39 is 0 Å². The van der Waals surface area contributed by atoms with Gasteiger partial charge in [-0.2, -0.15) is 0 Å². The fourth-order valence-electron chi connectivity index (χ4n) is 2.40. The molecule has 2 heterocycles. The van der Waals surface area contributed by atoms with Crippen LogP contribution in [-0.4, -0.2) is 16.5 Å². The van der Waals surface area contributed by atoms with Crippen LogP contribution in [0.4, 0.5) is 0 Å². The Morgan fingerprint density at radius 2 is 1.90 bits per heavy atom. The summed E-state index contributed by atoms with van der Waals surface area (Å²) >= 11 is 0. The quantitative estimate of drug-likeness (QED) is 0.650. The van der Waals surface area contributed by atoms with E-state index in [1.807, 2.05) is 24.5 Å². The number of H-pyrrole nitrogens is 2. The Kier molecular flexibility index (Phi) is 6.10. The third kappa shape index (κ3) is 4.50. The highest BCUT2D eigenvalue weighted by molar-refractivity contribution is 5.83. The molecule has 0 amide bonds. The van der Waals surface area contributed by atoms with Crippen LogP contribution in [0, 0.1) is 0 Å². The van der Waals surface area contributed by atoms with E-state index in [-0.39, 0.29) is 0 Å². The molecule has 0 unspecified atom stereocenters. The van der Waals surface area contributed by atoms with Crippen LogP contribution in [0.3, 0.4) is 0 Å². The number of aromatic nitrogens is 2. The van der Waals surface area contributed by atoms with Crippen LogP contribution >= 0.6 is 0 Å². The van der Waals surface area contributed by atoms with Gasteiger partial charge in [-0.15, -0.1) is 0 Å². The maximum absolute atomic E-state index is 5.62. The summed E-state index contributed by atoms with van der Waals surface area (Å²) in [6.07, 6.45) is 10.5. The van der Waals surface area contributed by atoms with Crippen molar-refractivity contribution in [3.8, 4) is 0 Å².